The number of hydrogen-bond donors (Lipinski definition) is 0. The Bertz CT molecular complexity index is 1100. The smallest absolute Gasteiger partial charge is 0.320 e. The maximum atomic E-state index is 13.5. The molecular weight excluding hydrogens is 384 g/mol. The summed E-state index contributed by atoms with van der Waals surface area (Å²) in [4.78, 5) is 36.0. The van der Waals surface area contributed by atoms with Gasteiger partial charge in [0.25, 0.3) is 0 Å². The molecule has 1 aromatic rings. The van der Waals surface area contributed by atoms with E-state index in [0.29, 0.717) is 31.4 Å². The zero-order valence-electron chi connectivity index (χ0n) is 17.4. The standard InChI is InChI=1S/C22H22N4O4/c1-5-7-19-9-10-20(8-6-2)21(17(27)29-3,22(19,20)18(28)30-4)16-15(19)25-13(11-23)14(12-24)26-16/h9-10H,5-8H2,1-4H3. The summed E-state index contributed by atoms with van der Waals surface area (Å²) in [5.74, 6) is -1.11. The van der Waals surface area contributed by atoms with Crippen LogP contribution in [0.15, 0.2) is 12.2 Å². The van der Waals surface area contributed by atoms with Crippen LogP contribution in [0.25, 0.3) is 0 Å². The molecule has 0 amide bonds. The lowest BCUT2D eigenvalue weighted by atomic mass is 9.68. The maximum Gasteiger partial charge on any atom is 0.320 e. The van der Waals surface area contributed by atoms with Crippen molar-refractivity contribution in [1.29, 1.82) is 10.5 Å². The van der Waals surface area contributed by atoms with E-state index < -0.39 is 33.6 Å². The number of aromatic nitrogens is 2. The molecular formula is C22H22N4O4. The van der Waals surface area contributed by atoms with E-state index in [0.717, 1.165) is 0 Å². The predicted molar refractivity (Wildman–Crippen MR) is 103 cm³/mol. The van der Waals surface area contributed by atoms with Gasteiger partial charge in [0.05, 0.1) is 31.0 Å². The molecule has 0 spiro atoms. The molecule has 3 aliphatic rings. The minimum atomic E-state index is -1.43. The zero-order chi connectivity index (χ0) is 21.9. The fraction of sp³-hybridized carbons (Fsp3) is 0.545. The predicted octanol–water partition coefficient (Wildman–Crippen LogP) is 2.21. The number of hydrogen-bond acceptors (Lipinski definition) is 8. The Morgan fingerprint density at radius 1 is 0.933 bits per heavy atom. The third-order valence-corrected chi connectivity index (χ3v) is 7.32. The van der Waals surface area contributed by atoms with E-state index in [2.05, 4.69) is 9.97 Å². The molecule has 154 valence electrons. The Balaban J connectivity index is 2.20. The summed E-state index contributed by atoms with van der Waals surface area (Å²) in [6, 6.07) is 3.82. The van der Waals surface area contributed by atoms with Crippen molar-refractivity contribution < 1.29 is 19.1 Å². The number of carbonyl (C=O) groups excluding carboxylic acids is 2. The van der Waals surface area contributed by atoms with Crippen LogP contribution in [0, 0.1) is 33.5 Å². The quantitative estimate of drug-likeness (QED) is 0.520. The van der Waals surface area contributed by atoms with Crippen molar-refractivity contribution >= 4 is 11.9 Å². The van der Waals surface area contributed by atoms with Crippen LogP contribution < -0.4 is 0 Å². The first-order chi connectivity index (χ1) is 14.4. The van der Waals surface area contributed by atoms with Crippen molar-refractivity contribution in [3.05, 3.63) is 34.9 Å². The molecule has 0 radical (unpaired) electrons. The molecule has 0 bridgehead atoms. The van der Waals surface area contributed by atoms with Crippen molar-refractivity contribution in [2.45, 2.75) is 50.4 Å². The average molecular weight is 406 g/mol. The van der Waals surface area contributed by atoms with Crippen molar-refractivity contribution in [1.82, 2.24) is 9.97 Å². The minimum Gasteiger partial charge on any atom is -0.468 e. The summed E-state index contributed by atoms with van der Waals surface area (Å²) in [5, 5.41) is 19.0. The first kappa shape index (κ1) is 20.0. The van der Waals surface area contributed by atoms with Crippen LogP contribution in [0.2, 0.25) is 0 Å². The number of methoxy groups -OCH3 is 2. The van der Waals surface area contributed by atoms with Crippen LogP contribution in [-0.2, 0) is 29.9 Å². The van der Waals surface area contributed by atoms with E-state index in [1.165, 1.54) is 14.2 Å². The second-order valence-electron chi connectivity index (χ2n) is 8.10. The van der Waals surface area contributed by atoms with Gasteiger partial charge in [-0.3, -0.25) is 9.59 Å². The molecule has 8 heteroatoms. The minimum absolute atomic E-state index is 0.116. The SMILES string of the molecule is CCCC12C=CC3(CCC)C(C(=O)OC)(c4nc(C#N)c(C#N)nc41)C23C(=O)OC. The number of fused-ring (bicyclic) bond motifs is 4. The third kappa shape index (κ3) is 1.59. The Hall–Kier alpha value is -3.26. The van der Waals surface area contributed by atoms with Crippen molar-refractivity contribution in [2.75, 3.05) is 14.2 Å². The Morgan fingerprint density at radius 3 is 2.00 bits per heavy atom. The molecule has 1 heterocycles. The number of rotatable bonds is 6. The molecule has 1 fully saturated rings. The number of esters is 2. The topological polar surface area (TPSA) is 126 Å². The fourth-order valence-corrected chi connectivity index (χ4v) is 6.74. The highest BCUT2D eigenvalue weighted by atomic mass is 16.5. The van der Waals surface area contributed by atoms with E-state index in [9.17, 15) is 20.1 Å². The Morgan fingerprint density at radius 2 is 1.50 bits per heavy atom. The molecule has 8 nitrogen and oxygen atoms in total. The largest absolute Gasteiger partial charge is 0.468 e. The lowest BCUT2D eigenvalue weighted by Gasteiger charge is -2.33. The summed E-state index contributed by atoms with van der Waals surface area (Å²) in [6.07, 6.45) is 6.35. The van der Waals surface area contributed by atoms with Crippen LogP contribution >= 0.6 is 0 Å². The second-order valence-corrected chi connectivity index (χ2v) is 8.10. The van der Waals surface area contributed by atoms with E-state index in [-0.39, 0.29) is 17.1 Å². The summed E-state index contributed by atoms with van der Waals surface area (Å²) >= 11 is 0. The summed E-state index contributed by atoms with van der Waals surface area (Å²) in [5.41, 5.74) is -4.15. The first-order valence-corrected chi connectivity index (χ1v) is 10.0. The van der Waals surface area contributed by atoms with Crippen LogP contribution in [0.4, 0.5) is 0 Å². The average Bonchev–Trinajstić information content (AvgIpc) is 3.11. The third-order valence-electron chi connectivity index (χ3n) is 7.32. The van der Waals surface area contributed by atoms with Gasteiger partial charge in [-0.2, -0.15) is 10.5 Å². The second kappa shape index (κ2) is 6.12. The molecule has 0 N–H and O–H groups in total. The molecule has 0 aromatic carbocycles. The van der Waals surface area contributed by atoms with E-state index in [4.69, 9.17) is 9.47 Å². The molecule has 1 aromatic heterocycles. The highest BCUT2D eigenvalue weighted by molar-refractivity contribution is 6.08. The van der Waals surface area contributed by atoms with E-state index in [1.807, 2.05) is 38.1 Å². The number of allylic oxidation sites excluding steroid dienone is 2. The van der Waals surface area contributed by atoms with Crippen molar-refractivity contribution in [2.24, 2.45) is 10.8 Å². The molecule has 0 saturated heterocycles. The van der Waals surface area contributed by atoms with Gasteiger partial charge in [-0.25, -0.2) is 9.97 Å². The van der Waals surface area contributed by atoms with Crippen molar-refractivity contribution in [3.8, 4) is 12.1 Å². The maximum absolute atomic E-state index is 13.5. The Labute approximate surface area is 174 Å². The van der Waals surface area contributed by atoms with Gasteiger partial charge in [-0.15, -0.1) is 0 Å². The van der Waals surface area contributed by atoms with Crippen LogP contribution in [-0.4, -0.2) is 36.1 Å². The van der Waals surface area contributed by atoms with E-state index >= 15 is 0 Å². The van der Waals surface area contributed by atoms with Gasteiger partial charge in [0, 0.05) is 5.41 Å². The number of nitrogens with zero attached hydrogens (tertiary/aromatic N) is 4. The van der Waals surface area contributed by atoms with Crippen LogP contribution in [0.1, 0.15) is 62.3 Å². The zero-order valence-corrected chi connectivity index (χ0v) is 17.4. The monoisotopic (exact) mass is 406 g/mol. The van der Waals surface area contributed by atoms with E-state index in [1.54, 1.807) is 0 Å². The molecule has 4 rings (SSSR count). The van der Waals surface area contributed by atoms with Gasteiger partial charge in [0.15, 0.2) is 11.4 Å². The van der Waals surface area contributed by atoms with Gasteiger partial charge < -0.3 is 9.47 Å². The normalized spacial score (nSPS) is 33.8. The van der Waals surface area contributed by atoms with Gasteiger partial charge in [0.2, 0.25) is 0 Å². The van der Waals surface area contributed by atoms with Gasteiger partial charge >= 0.3 is 11.9 Å². The highest BCUT2D eigenvalue weighted by Gasteiger charge is 3.04. The molecule has 4 atom stereocenters. The molecule has 4 unspecified atom stereocenters. The van der Waals surface area contributed by atoms with Gasteiger partial charge in [0.1, 0.15) is 23.0 Å². The summed E-state index contributed by atoms with van der Waals surface area (Å²) in [7, 11) is 2.59. The fourth-order valence-electron chi connectivity index (χ4n) is 6.74. The summed E-state index contributed by atoms with van der Waals surface area (Å²) < 4.78 is 10.5. The molecule has 0 aliphatic heterocycles. The lowest BCUT2D eigenvalue weighted by Crippen LogP contribution is -2.43. The number of ether oxygens (including phenoxy) is 2. The van der Waals surface area contributed by atoms with Crippen LogP contribution in [0.5, 0.6) is 0 Å². The first-order valence-electron chi connectivity index (χ1n) is 10.0. The van der Waals surface area contributed by atoms with Gasteiger partial charge in [-0.05, 0) is 12.8 Å². The molecule has 1 saturated carbocycles. The van der Waals surface area contributed by atoms with Crippen molar-refractivity contribution in [3.63, 3.8) is 0 Å². The summed E-state index contributed by atoms with van der Waals surface area (Å²) in [6.45, 7) is 3.97. The highest BCUT2D eigenvalue weighted by Crippen LogP contribution is 2.93. The molecule has 3 aliphatic carbocycles. The molecule has 30 heavy (non-hydrogen) atoms. The number of nitriles is 2. The lowest BCUT2D eigenvalue weighted by molar-refractivity contribution is -0.156. The Kier molecular flexibility index (Phi) is 4.09. The van der Waals surface area contributed by atoms with Crippen LogP contribution in [0.3, 0.4) is 0 Å². The van der Waals surface area contributed by atoms with Gasteiger partial charge in [-0.1, -0.05) is 38.8 Å². The number of carbonyl (C=O) groups is 2.